The van der Waals surface area contributed by atoms with E-state index in [4.69, 9.17) is 14.2 Å². The summed E-state index contributed by atoms with van der Waals surface area (Å²) in [5.41, 5.74) is 0. The van der Waals surface area contributed by atoms with Gasteiger partial charge in [0, 0.05) is 19.3 Å². The number of hydrogen-bond acceptors (Lipinski definition) is 6. The van der Waals surface area contributed by atoms with Gasteiger partial charge in [-0.05, 0) is 96.3 Å². The first kappa shape index (κ1) is 53.9. The van der Waals surface area contributed by atoms with Gasteiger partial charge in [-0.15, -0.1) is 0 Å². The summed E-state index contributed by atoms with van der Waals surface area (Å²) in [5.74, 6) is -0.963. The van der Waals surface area contributed by atoms with E-state index in [1.54, 1.807) is 0 Å². The number of hydrogen-bond donors (Lipinski definition) is 0. The van der Waals surface area contributed by atoms with Crippen molar-refractivity contribution in [3.8, 4) is 0 Å². The Morgan fingerprint density at radius 2 is 0.737 bits per heavy atom. The van der Waals surface area contributed by atoms with Gasteiger partial charge in [0.15, 0.2) is 6.10 Å². The molecule has 0 fully saturated rings. The summed E-state index contributed by atoms with van der Waals surface area (Å²) in [7, 11) is 0. The smallest absolute Gasteiger partial charge is 0.306 e. The van der Waals surface area contributed by atoms with E-state index < -0.39 is 6.10 Å². The first-order valence-electron chi connectivity index (χ1n) is 23.5. The fraction of sp³-hybridized carbons (Fsp3) is 0.706. The minimum atomic E-state index is -0.797. The van der Waals surface area contributed by atoms with Crippen molar-refractivity contribution in [2.75, 3.05) is 13.2 Å². The molecule has 57 heavy (non-hydrogen) atoms. The molecule has 326 valence electrons. The average molecular weight is 795 g/mol. The van der Waals surface area contributed by atoms with Gasteiger partial charge in [-0.1, -0.05) is 171 Å². The Bertz CT molecular complexity index is 1100. The molecule has 0 saturated heterocycles. The molecular formula is C51H86O6. The average Bonchev–Trinajstić information content (AvgIpc) is 3.21. The van der Waals surface area contributed by atoms with E-state index in [1.165, 1.54) is 83.5 Å². The molecule has 0 heterocycles. The van der Waals surface area contributed by atoms with Crippen LogP contribution in [0.3, 0.4) is 0 Å². The van der Waals surface area contributed by atoms with Gasteiger partial charge in [-0.2, -0.15) is 0 Å². The fourth-order valence-electron chi connectivity index (χ4n) is 6.16. The molecule has 0 radical (unpaired) electrons. The first-order chi connectivity index (χ1) is 28.0. The van der Waals surface area contributed by atoms with Gasteiger partial charge >= 0.3 is 17.9 Å². The van der Waals surface area contributed by atoms with Crippen LogP contribution in [0.4, 0.5) is 0 Å². The molecule has 0 N–H and O–H groups in total. The van der Waals surface area contributed by atoms with Crippen LogP contribution in [0.15, 0.2) is 72.9 Å². The van der Waals surface area contributed by atoms with Crippen molar-refractivity contribution >= 4 is 17.9 Å². The summed E-state index contributed by atoms with van der Waals surface area (Å²) in [6, 6.07) is 0. The highest BCUT2D eigenvalue weighted by Crippen LogP contribution is 2.13. The summed E-state index contributed by atoms with van der Waals surface area (Å²) in [6.07, 6.45) is 56.0. The zero-order valence-electron chi connectivity index (χ0n) is 37.1. The first-order valence-corrected chi connectivity index (χ1v) is 23.5. The molecule has 0 aromatic heterocycles. The van der Waals surface area contributed by atoms with Crippen molar-refractivity contribution in [1.29, 1.82) is 0 Å². The Morgan fingerprint density at radius 1 is 0.386 bits per heavy atom. The van der Waals surface area contributed by atoms with Crippen LogP contribution in [0.2, 0.25) is 0 Å². The van der Waals surface area contributed by atoms with E-state index in [2.05, 4.69) is 93.7 Å². The third-order valence-corrected chi connectivity index (χ3v) is 9.72. The van der Waals surface area contributed by atoms with Gasteiger partial charge < -0.3 is 14.2 Å². The highest BCUT2D eigenvalue weighted by molar-refractivity contribution is 5.71. The lowest BCUT2D eigenvalue weighted by Gasteiger charge is -2.18. The molecule has 0 aliphatic heterocycles. The van der Waals surface area contributed by atoms with Crippen molar-refractivity contribution in [3.05, 3.63) is 72.9 Å². The number of carbonyl (C=O) groups is 3. The zero-order chi connectivity index (χ0) is 41.5. The summed E-state index contributed by atoms with van der Waals surface area (Å²) in [4.78, 5) is 37.7. The lowest BCUT2D eigenvalue weighted by atomic mass is 10.1. The van der Waals surface area contributed by atoms with E-state index in [9.17, 15) is 14.4 Å². The molecular weight excluding hydrogens is 709 g/mol. The molecule has 0 rings (SSSR count). The van der Waals surface area contributed by atoms with Gasteiger partial charge in [-0.3, -0.25) is 14.4 Å². The van der Waals surface area contributed by atoms with Crippen LogP contribution in [-0.2, 0) is 28.6 Å². The normalized spacial score (nSPS) is 12.7. The number of ether oxygens (including phenoxy) is 3. The monoisotopic (exact) mass is 795 g/mol. The highest BCUT2D eigenvalue weighted by atomic mass is 16.6. The Morgan fingerprint density at radius 3 is 1.19 bits per heavy atom. The molecule has 0 aromatic rings. The van der Waals surface area contributed by atoms with Gasteiger partial charge in [0.05, 0.1) is 0 Å². The van der Waals surface area contributed by atoms with E-state index in [1.807, 2.05) is 0 Å². The van der Waals surface area contributed by atoms with Crippen molar-refractivity contribution in [1.82, 2.24) is 0 Å². The number of carbonyl (C=O) groups excluding carboxylic acids is 3. The van der Waals surface area contributed by atoms with Gasteiger partial charge in [0.2, 0.25) is 0 Å². The molecule has 6 nitrogen and oxygen atoms in total. The third kappa shape index (κ3) is 43.8. The fourth-order valence-corrected chi connectivity index (χ4v) is 6.16. The molecule has 0 bridgehead atoms. The predicted molar refractivity (Wildman–Crippen MR) is 242 cm³/mol. The second kappa shape index (κ2) is 45.6. The maximum absolute atomic E-state index is 12.7. The molecule has 0 saturated carbocycles. The number of unbranched alkanes of at least 4 members (excludes halogenated alkanes) is 20. The Labute approximate surface area is 351 Å². The lowest BCUT2D eigenvalue weighted by Crippen LogP contribution is -2.30. The number of rotatable bonds is 41. The molecule has 0 aromatic carbocycles. The van der Waals surface area contributed by atoms with E-state index in [-0.39, 0.29) is 31.1 Å². The third-order valence-electron chi connectivity index (χ3n) is 9.72. The largest absolute Gasteiger partial charge is 0.462 e. The highest BCUT2D eigenvalue weighted by Gasteiger charge is 2.19. The zero-order valence-corrected chi connectivity index (χ0v) is 37.1. The Kier molecular flexibility index (Phi) is 43.0. The SMILES string of the molecule is CC/C=C\C/C=C\CCCCC(=O)OCC(COC(=O)CCCCCCCC/C=C\C=C/CCCCC)OC(=O)CCCCCCCC/C=C\C=C/CCCCC. The minimum absolute atomic E-state index is 0.0976. The predicted octanol–water partition coefficient (Wildman–Crippen LogP) is 15.1. The second-order valence-corrected chi connectivity index (χ2v) is 15.3. The van der Waals surface area contributed by atoms with Crippen LogP contribution < -0.4 is 0 Å². The van der Waals surface area contributed by atoms with Crippen molar-refractivity contribution in [2.45, 2.75) is 219 Å². The van der Waals surface area contributed by atoms with Gasteiger partial charge in [0.25, 0.3) is 0 Å². The van der Waals surface area contributed by atoms with Gasteiger partial charge in [0.1, 0.15) is 13.2 Å². The Balaban J connectivity index is 4.42. The molecule has 0 aliphatic carbocycles. The summed E-state index contributed by atoms with van der Waals surface area (Å²) < 4.78 is 16.7. The molecule has 1 unspecified atom stereocenters. The van der Waals surface area contributed by atoms with E-state index >= 15 is 0 Å². The van der Waals surface area contributed by atoms with Crippen LogP contribution in [0.5, 0.6) is 0 Å². The molecule has 0 aliphatic rings. The van der Waals surface area contributed by atoms with Crippen LogP contribution in [0.25, 0.3) is 0 Å². The standard InChI is InChI=1S/C51H86O6/c1-4-7-10-13-16-19-21-23-25-27-29-32-35-38-41-44-50(53)56-47-48(46-55-49(52)43-40-37-34-31-18-15-12-9-6-3)57-51(54)45-42-39-36-33-30-28-26-24-22-20-17-14-11-8-5-2/h9,12,16-24,31,48H,4-8,10-11,13-15,25-30,32-47H2,1-3H3/b12-9-,19-16-,20-17-,23-21-,24-22-,31-18-. The van der Waals surface area contributed by atoms with Crippen molar-refractivity contribution in [2.24, 2.45) is 0 Å². The Hall–Kier alpha value is -3.15. The van der Waals surface area contributed by atoms with Crippen molar-refractivity contribution < 1.29 is 28.6 Å². The summed E-state index contributed by atoms with van der Waals surface area (Å²) in [5, 5.41) is 0. The van der Waals surface area contributed by atoms with Crippen LogP contribution >= 0.6 is 0 Å². The number of esters is 3. The molecule has 0 amide bonds. The van der Waals surface area contributed by atoms with Gasteiger partial charge in [-0.25, -0.2) is 0 Å². The summed E-state index contributed by atoms with van der Waals surface area (Å²) in [6.45, 7) is 6.39. The van der Waals surface area contributed by atoms with Crippen LogP contribution in [0.1, 0.15) is 213 Å². The topological polar surface area (TPSA) is 78.9 Å². The second-order valence-electron chi connectivity index (χ2n) is 15.3. The molecule has 0 spiro atoms. The number of allylic oxidation sites excluding steroid dienone is 12. The van der Waals surface area contributed by atoms with Crippen LogP contribution in [-0.4, -0.2) is 37.2 Å². The van der Waals surface area contributed by atoms with E-state index in [0.717, 1.165) is 89.9 Å². The molecule has 6 heteroatoms. The minimum Gasteiger partial charge on any atom is -0.462 e. The van der Waals surface area contributed by atoms with Crippen molar-refractivity contribution in [3.63, 3.8) is 0 Å². The maximum Gasteiger partial charge on any atom is 0.306 e. The van der Waals surface area contributed by atoms with E-state index in [0.29, 0.717) is 19.3 Å². The molecule has 1 atom stereocenters. The lowest BCUT2D eigenvalue weighted by molar-refractivity contribution is -0.167. The quantitative estimate of drug-likeness (QED) is 0.0202. The van der Waals surface area contributed by atoms with Crippen LogP contribution in [0, 0.1) is 0 Å². The summed E-state index contributed by atoms with van der Waals surface area (Å²) >= 11 is 0. The maximum atomic E-state index is 12.7.